The van der Waals surface area contributed by atoms with E-state index in [0.717, 1.165) is 25.8 Å². The van der Waals surface area contributed by atoms with E-state index in [4.69, 9.17) is 0 Å². The molecule has 1 aromatic carbocycles. The molecule has 2 nitrogen and oxygen atoms in total. The first-order valence-electron chi connectivity index (χ1n) is 10.2. The van der Waals surface area contributed by atoms with Crippen molar-refractivity contribution in [2.24, 2.45) is 0 Å². The van der Waals surface area contributed by atoms with E-state index in [1.807, 2.05) is 0 Å². The molecule has 0 saturated carbocycles. The predicted molar refractivity (Wildman–Crippen MR) is 105 cm³/mol. The lowest BCUT2D eigenvalue weighted by molar-refractivity contribution is 0.221. The van der Waals surface area contributed by atoms with Gasteiger partial charge in [0.1, 0.15) is 0 Å². The SMILES string of the molecule is FCCCCCCCCc1ccc2[nH]cc(CN3CCCCC3)c2c1. The van der Waals surface area contributed by atoms with Crippen molar-refractivity contribution in [1.29, 1.82) is 0 Å². The fourth-order valence-electron chi connectivity index (χ4n) is 4.00. The van der Waals surface area contributed by atoms with Crippen LogP contribution >= 0.6 is 0 Å². The van der Waals surface area contributed by atoms with Crippen LogP contribution in [0.2, 0.25) is 0 Å². The molecule has 1 aliphatic heterocycles. The number of likely N-dealkylation sites (tertiary alicyclic amines) is 1. The Morgan fingerprint density at radius 3 is 2.48 bits per heavy atom. The van der Waals surface area contributed by atoms with Gasteiger partial charge < -0.3 is 4.98 Å². The van der Waals surface area contributed by atoms with Gasteiger partial charge in [-0.2, -0.15) is 0 Å². The van der Waals surface area contributed by atoms with Gasteiger partial charge in [-0.3, -0.25) is 9.29 Å². The van der Waals surface area contributed by atoms with Crippen LogP contribution in [0.3, 0.4) is 0 Å². The minimum absolute atomic E-state index is 0.156. The molecule has 0 atom stereocenters. The molecule has 2 heterocycles. The maximum Gasteiger partial charge on any atom is 0.0894 e. The van der Waals surface area contributed by atoms with Gasteiger partial charge in [0.05, 0.1) is 6.67 Å². The minimum Gasteiger partial charge on any atom is -0.361 e. The van der Waals surface area contributed by atoms with Gasteiger partial charge in [-0.25, -0.2) is 0 Å². The summed E-state index contributed by atoms with van der Waals surface area (Å²) in [5.41, 5.74) is 4.17. The number of alkyl halides is 1. The van der Waals surface area contributed by atoms with Crippen LogP contribution in [0.5, 0.6) is 0 Å². The molecule has 1 saturated heterocycles. The zero-order valence-electron chi connectivity index (χ0n) is 15.5. The summed E-state index contributed by atoms with van der Waals surface area (Å²) < 4.78 is 12.1. The Balaban J connectivity index is 1.51. The molecule has 2 aromatic rings. The van der Waals surface area contributed by atoms with E-state index in [-0.39, 0.29) is 6.67 Å². The number of aromatic amines is 1. The van der Waals surface area contributed by atoms with E-state index in [1.54, 1.807) is 0 Å². The number of hydrogen-bond acceptors (Lipinski definition) is 1. The third kappa shape index (κ3) is 5.57. The van der Waals surface area contributed by atoms with Gasteiger partial charge in [-0.05, 0) is 68.5 Å². The van der Waals surface area contributed by atoms with Crippen LogP contribution in [0.4, 0.5) is 4.39 Å². The summed E-state index contributed by atoms with van der Waals surface area (Å²) >= 11 is 0. The quantitative estimate of drug-likeness (QED) is 0.523. The van der Waals surface area contributed by atoms with E-state index in [9.17, 15) is 4.39 Å². The third-order valence-corrected chi connectivity index (χ3v) is 5.52. The van der Waals surface area contributed by atoms with Gasteiger partial charge in [-0.1, -0.05) is 38.2 Å². The Bertz CT molecular complexity index is 628. The molecule has 3 rings (SSSR count). The van der Waals surface area contributed by atoms with Crippen molar-refractivity contribution in [3.05, 3.63) is 35.5 Å². The summed E-state index contributed by atoms with van der Waals surface area (Å²) in [5, 5.41) is 1.41. The molecule has 1 N–H and O–H groups in total. The Kier molecular flexibility index (Phi) is 7.35. The number of hydrogen-bond donors (Lipinski definition) is 1. The van der Waals surface area contributed by atoms with E-state index < -0.39 is 0 Å². The maximum atomic E-state index is 12.1. The van der Waals surface area contributed by atoms with Crippen molar-refractivity contribution in [2.45, 2.75) is 70.8 Å². The molecule has 0 radical (unpaired) electrons. The number of nitrogens with zero attached hydrogens (tertiary/aromatic N) is 1. The standard InChI is InChI=1S/C22H33FN2/c23-13-7-4-2-1-3-6-10-19-11-12-22-21(16-19)20(17-24-22)18-25-14-8-5-9-15-25/h11-12,16-17,24H,1-10,13-15,18H2. The lowest BCUT2D eigenvalue weighted by Crippen LogP contribution is -2.28. The van der Waals surface area contributed by atoms with Gasteiger partial charge in [0, 0.05) is 23.6 Å². The smallest absolute Gasteiger partial charge is 0.0894 e. The predicted octanol–water partition coefficient (Wildman–Crippen LogP) is 6.01. The van der Waals surface area contributed by atoms with Gasteiger partial charge in [0.25, 0.3) is 0 Å². The zero-order valence-corrected chi connectivity index (χ0v) is 15.5. The third-order valence-electron chi connectivity index (χ3n) is 5.52. The number of halogens is 1. The fraction of sp³-hybridized carbons (Fsp3) is 0.636. The highest BCUT2D eigenvalue weighted by Crippen LogP contribution is 2.23. The molecule has 138 valence electrons. The van der Waals surface area contributed by atoms with E-state index in [2.05, 4.69) is 34.3 Å². The van der Waals surface area contributed by atoms with Gasteiger partial charge >= 0.3 is 0 Å². The van der Waals surface area contributed by atoms with E-state index in [1.165, 1.54) is 80.1 Å². The lowest BCUT2D eigenvalue weighted by Gasteiger charge is -2.26. The monoisotopic (exact) mass is 344 g/mol. The molecule has 0 bridgehead atoms. The largest absolute Gasteiger partial charge is 0.361 e. The van der Waals surface area contributed by atoms with Gasteiger partial charge in [0.15, 0.2) is 0 Å². The lowest BCUT2D eigenvalue weighted by atomic mass is 10.0. The number of unbranched alkanes of at least 4 members (excludes halogenated alkanes) is 5. The van der Waals surface area contributed by atoms with E-state index >= 15 is 0 Å². The number of nitrogens with one attached hydrogen (secondary N) is 1. The second kappa shape index (κ2) is 9.96. The average Bonchev–Trinajstić information content (AvgIpc) is 3.04. The van der Waals surface area contributed by atoms with Crippen molar-refractivity contribution in [3.8, 4) is 0 Å². The van der Waals surface area contributed by atoms with Gasteiger partial charge in [0.2, 0.25) is 0 Å². The van der Waals surface area contributed by atoms with Crippen LogP contribution < -0.4 is 0 Å². The Hall–Kier alpha value is -1.35. The Morgan fingerprint density at radius 1 is 0.920 bits per heavy atom. The number of benzene rings is 1. The summed E-state index contributed by atoms with van der Waals surface area (Å²) in [6.07, 6.45) is 14.2. The number of aryl methyl sites for hydroxylation is 1. The topological polar surface area (TPSA) is 19.0 Å². The Labute approximate surface area is 151 Å². The first-order chi connectivity index (χ1) is 12.4. The summed E-state index contributed by atoms with van der Waals surface area (Å²) in [4.78, 5) is 6.04. The molecule has 0 spiro atoms. The number of fused-ring (bicyclic) bond motifs is 1. The zero-order chi connectivity index (χ0) is 17.3. The van der Waals surface area contributed by atoms with Crippen LogP contribution in [-0.4, -0.2) is 29.6 Å². The van der Waals surface area contributed by atoms with Crippen LogP contribution in [0.15, 0.2) is 24.4 Å². The van der Waals surface area contributed by atoms with Crippen LogP contribution in [0.1, 0.15) is 68.9 Å². The number of aromatic nitrogens is 1. The number of piperidine rings is 1. The molecule has 0 aliphatic carbocycles. The summed E-state index contributed by atoms with van der Waals surface area (Å²) in [7, 11) is 0. The van der Waals surface area contributed by atoms with Crippen molar-refractivity contribution < 1.29 is 4.39 Å². The molecule has 1 fully saturated rings. The molecule has 0 unspecified atom stereocenters. The molecule has 1 aromatic heterocycles. The molecule has 3 heteroatoms. The first kappa shape index (κ1) is 18.4. The maximum absolute atomic E-state index is 12.1. The Morgan fingerprint density at radius 2 is 1.68 bits per heavy atom. The summed E-state index contributed by atoms with van der Waals surface area (Å²) in [6.45, 7) is 3.41. The van der Waals surface area contributed by atoms with Gasteiger partial charge in [-0.15, -0.1) is 0 Å². The van der Waals surface area contributed by atoms with Crippen LogP contribution in [-0.2, 0) is 13.0 Å². The molecule has 0 amide bonds. The minimum atomic E-state index is -0.156. The average molecular weight is 345 g/mol. The van der Waals surface area contributed by atoms with Crippen molar-refractivity contribution in [2.75, 3.05) is 19.8 Å². The summed E-state index contributed by atoms with van der Waals surface area (Å²) in [6, 6.07) is 6.91. The van der Waals surface area contributed by atoms with Crippen LogP contribution in [0, 0.1) is 0 Å². The second-order valence-electron chi connectivity index (χ2n) is 7.59. The molecule has 25 heavy (non-hydrogen) atoms. The van der Waals surface area contributed by atoms with Crippen LogP contribution in [0.25, 0.3) is 10.9 Å². The molecule has 1 aliphatic rings. The van der Waals surface area contributed by atoms with E-state index in [0.29, 0.717) is 0 Å². The first-order valence-corrected chi connectivity index (χ1v) is 10.2. The summed E-state index contributed by atoms with van der Waals surface area (Å²) in [5.74, 6) is 0. The van der Waals surface area contributed by atoms with Crippen molar-refractivity contribution in [3.63, 3.8) is 0 Å². The molecular formula is C22H33FN2. The number of rotatable bonds is 10. The molecular weight excluding hydrogens is 311 g/mol. The second-order valence-corrected chi connectivity index (χ2v) is 7.59. The highest BCUT2D eigenvalue weighted by molar-refractivity contribution is 5.83. The highest BCUT2D eigenvalue weighted by atomic mass is 19.1. The normalized spacial score (nSPS) is 15.9. The highest BCUT2D eigenvalue weighted by Gasteiger charge is 2.13. The van der Waals surface area contributed by atoms with Crippen molar-refractivity contribution in [1.82, 2.24) is 9.88 Å². The van der Waals surface area contributed by atoms with Crippen molar-refractivity contribution >= 4 is 10.9 Å². The fourth-order valence-corrected chi connectivity index (χ4v) is 4.00. The number of H-pyrrole nitrogens is 1.